The second-order valence-corrected chi connectivity index (χ2v) is 9.58. The first-order valence-corrected chi connectivity index (χ1v) is 10.3. The fourth-order valence-corrected chi connectivity index (χ4v) is 4.81. The summed E-state index contributed by atoms with van der Waals surface area (Å²) in [6.07, 6.45) is 5.15. The van der Waals surface area contributed by atoms with Gasteiger partial charge < -0.3 is 20.1 Å². The second kappa shape index (κ2) is 6.87. The van der Waals surface area contributed by atoms with Gasteiger partial charge in [-0.3, -0.25) is 14.4 Å². The number of carbonyl (C=O) groups is 3. The smallest absolute Gasteiger partial charge is 0.175 e. The number of aromatic hydroxyl groups is 2. The Morgan fingerprint density at radius 1 is 1.03 bits per heavy atom. The third-order valence-corrected chi connectivity index (χ3v) is 6.29. The van der Waals surface area contributed by atoms with Crippen molar-refractivity contribution in [3.63, 3.8) is 0 Å². The van der Waals surface area contributed by atoms with Crippen LogP contribution >= 0.6 is 0 Å². The molecule has 31 heavy (non-hydrogen) atoms. The molecule has 0 heterocycles. The van der Waals surface area contributed by atoms with Crippen molar-refractivity contribution in [3.05, 3.63) is 46.6 Å². The molecule has 7 nitrogen and oxygen atoms in total. The molecule has 1 aromatic carbocycles. The molecule has 3 N–H and O–H groups in total. The number of ether oxygens (including phenoxy) is 1. The Bertz CT molecular complexity index is 1070. The zero-order chi connectivity index (χ0) is 22.9. The third-order valence-electron chi connectivity index (χ3n) is 6.29. The van der Waals surface area contributed by atoms with Crippen LogP contribution < -0.4 is 0 Å². The van der Waals surface area contributed by atoms with Crippen molar-refractivity contribution in [2.45, 2.75) is 57.8 Å². The van der Waals surface area contributed by atoms with Crippen molar-refractivity contribution < 1.29 is 34.4 Å². The molecule has 0 bridgehead atoms. The highest BCUT2D eigenvalue weighted by Crippen LogP contribution is 2.53. The lowest BCUT2D eigenvalue weighted by molar-refractivity contribution is -0.147. The zero-order valence-corrected chi connectivity index (χ0v) is 17.9. The molecular formula is C24H26O7. The van der Waals surface area contributed by atoms with Crippen LogP contribution in [-0.2, 0) is 16.0 Å². The number of fused-ring (bicyclic) bond motifs is 3. The highest BCUT2D eigenvalue weighted by molar-refractivity contribution is 6.20. The topological polar surface area (TPSA) is 121 Å². The van der Waals surface area contributed by atoms with Gasteiger partial charge in [-0.1, -0.05) is 24.3 Å². The maximum atomic E-state index is 13.2. The van der Waals surface area contributed by atoms with Crippen LogP contribution in [0.25, 0.3) is 0 Å². The molecule has 164 valence electrons. The molecule has 3 aliphatic rings. The standard InChI is InChI=1S/C24H26O7/c1-11(25)24(30)9-14-16(15(10-24)31-23(2,3)4)22(29)18-17(21(14)28)19(26)12-7-5-6-8-13(12)20(18)27/h5-8,12-13,15,28-30H,9-10H2,1-4H3. The quantitative estimate of drug-likeness (QED) is 0.622. The minimum absolute atomic E-state index is 0.0596. The van der Waals surface area contributed by atoms with E-state index in [1.807, 2.05) is 0 Å². The van der Waals surface area contributed by atoms with E-state index in [0.29, 0.717) is 0 Å². The van der Waals surface area contributed by atoms with Crippen LogP contribution in [0.5, 0.6) is 11.5 Å². The van der Waals surface area contributed by atoms with Crippen LogP contribution in [0.4, 0.5) is 0 Å². The van der Waals surface area contributed by atoms with E-state index >= 15 is 0 Å². The molecule has 1 aromatic rings. The van der Waals surface area contributed by atoms with Gasteiger partial charge >= 0.3 is 0 Å². The van der Waals surface area contributed by atoms with Gasteiger partial charge in [-0.25, -0.2) is 0 Å². The lowest BCUT2D eigenvalue weighted by atomic mass is 9.68. The van der Waals surface area contributed by atoms with Crippen molar-refractivity contribution in [1.82, 2.24) is 0 Å². The van der Waals surface area contributed by atoms with E-state index in [0.717, 1.165) is 0 Å². The van der Waals surface area contributed by atoms with Gasteiger partial charge in [0.15, 0.2) is 17.3 Å². The van der Waals surface area contributed by atoms with Gasteiger partial charge in [0.1, 0.15) is 17.1 Å². The number of phenolic OH excluding ortho intramolecular Hbond substituents is 2. The Morgan fingerprint density at radius 2 is 1.55 bits per heavy atom. The second-order valence-electron chi connectivity index (χ2n) is 9.58. The predicted molar refractivity (Wildman–Crippen MR) is 111 cm³/mol. The van der Waals surface area contributed by atoms with Crippen molar-refractivity contribution in [2.75, 3.05) is 0 Å². The number of aliphatic hydroxyl groups is 1. The molecule has 0 spiro atoms. The van der Waals surface area contributed by atoms with E-state index in [1.165, 1.54) is 6.92 Å². The summed E-state index contributed by atoms with van der Waals surface area (Å²) >= 11 is 0. The number of rotatable bonds is 2. The zero-order valence-electron chi connectivity index (χ0n) is 17.9. The average molecular weight is 426 g/mol. The molecule has 0 fully saturated rings. The van der Waals surface area contributed by atoms with E-state index in [1.54, 1.807) is 45.1 Å². The summed E-state index contributed by atoms with van der Waals surface area (Å²) in [6, 6.07) is 0. The molecule has 4 rings (SSSR count). The number of allylic oxidation sites excluding steroid dienone is 4. The largest absolute Gasteiger partial charge is 0.507 e. The minimum Gasteiger partial charge on any atom is -0.507 e. The van der Waals surface area contributed by atoms with Gasteiger partial charge in [0.25, 0.3) is 0 Å². The Hall–Kier alpha value is -2.77. The Balaban J connectivity index is 1.99. The van der Waals surface area contributed by atoms with Crippen LogP contribution in [0, 0.1) is 11.8 Å². The number of hydrogen-bond acceptors (Lipinski definition) is 7. The van der Waals surface area contributed by atoms with Gasteiger partial charge in [-0.05, 0) is 27.7 Å². The van der Waals surface area contributed by atoms with Crippen LogP contribution in [0.15, 0.2) is 24.3 Å². The van der Waals surface area contributed by atoms with E-state index < -0.39 is 58.0 Å². The molecule has 7 heteroatoms. The summed E-state index contributed by atoms with van der Waals surface area (Å²) in [4.78, 5) is 38.7. The number of hydrogen-bond donors (Lipinski definition) is 3. The number of phenols is 2. The first-order chi connectivity index (χ1) is 14.4. The SMILES string of the molecule is CC(=O)C1(O)Cc2c(O)c3c(c(O)c2C(OC(C)(C)C)C1)C(=O)C1C=CC=CC1C3=O. The average Bonchev–Trinajstić information content (AvgIpc) is 2.67. The summed E-state index contributed by atoms with van der Waals surface area (Å²) < 4.78 is 6.04. The van der Waals surface area contributed by atoms with E-state index in [-0.39, 0.29) is 35.1 Å². The van der Waals surface area contributed by atoms with Crippen molar-refractivity contribution in [1.29, 1.82) is 0 Å². The summed E-state index contributed by atoms with van der Waals surface area (Å²) in [7, 11) is 0. The van der Waals surface area contributed by atoms with Gasteiger partial charge in [-0.2, -0.15) is 0 Å². The van der Waals surface area contributed by atoms with E-state index in [4.69, 9.17) is 4.74 Å². The maximum absolute atomic E-state index is 13.2. The normalized spacial score (nSPS) is 29.4. The van der Waals surface area contributed by atoms with Gasteiger partial charge in [-0.15, -0.1) is 0 Å². The van der Waals surface area contributed by atoms with Gasteiger partial charge in [0.05, 0.1) is 34.7 Å². The number of carbonyl (C=O) groups excluding carboxylic acids is 3. The molecule has 0 saturated carbocycles. The molecule has 3 aliphatic carbocycles. The Labute approximate surface area is 180 Å². The molecule has 0 saturated heterocycles. The number of Topliss-reactive ketones (excluding diaryl/α,β-unsaturated/α-hetero) is 3. The van der Waals surface area contributed by atoms with Gasteiger partial charge in [0, 0.05) is 24.0 Å². The first kappa shape index (κ1) is 21.5. The molecule has 4 atom stereocenters. The Morgan fingerprint density at radius 3 is 2.03 bits per heavy atom. The fourth-order valence-electron chi connectivity index (χ4n) is 4.81. The van der Waals surface area contributed by atoms with Crippen LogP contribution in [-0.4, -0.2) is 43.9 Å². The summed E-state index contributed by atoms with van der Waals surface area (Å²) in [6.45, 7) is 6.58. The fraction of sp³-hybridized carbons (Fsp3) is 0.458. The van der Waals surface area contributed by atoms with Crippen LogP contribution in [0.3, 0.4) is 0 Å². The molecular weight excluding hydrogens is 400 g/mol. The predicted octanol–water partition coefficient (Wildman–Crippen LogP) is 2.96. The molecule has 4 unspecified atom stereocenters. The molecule has 0 aliphatic heterocycles. The molecule has 0 radical (unpaired) electrons. The highest BCUT2D eigenvalue weighted by atomic mass is 16.5. The lowest BCUT2D eigenvalue weighted by Crippen LogP contribution is -2.46. The Kier molecular flexibility index (Phi) is 4.75. The third kappa shape index (κ3) is 3.23. The molecule has 0 aromatic heterocycles. The van der Waals surface area contributed by atoms with E-state index in [2.05, 4.69) is 0 Å². The lowest BCUT2D eigenvalue weighted by Gasteiger charge is -2.41. The van der Waals surface area contributed by atoms with Crippen LogP contribution in [0.2, 0.25) is 0 Å². The summed E-state index contributed by atoms with van der Waals surface area (Å²) in [5, 5.41) is 33.3. The van der Waals surface area contributed by atoms with Crippen molar-refractivity contribution in [2.24, 2.45) is 11.8 Å². The number of benzene rings is 1. The van der Waals surface area contributed by atoms with Crippen molar-refractivity contribution in [3.8, 4) is 11.5 Å². The summed E-state index contributed by atoms with van der Waals surface area (Å²) in [5.41, 5.74) is -2.82. The number of ketones is 3. The summed E-state index contributed by atoms with van der Waals surface area (Å²) in [5.74, 6) is -3.90. The van der Waals surface area contributed by atoms with E-state index in [9.17, 15) is 29.7 Å². The van der Waals surface area contributed by atoms with Crippen molar-refractivity contribution >= 4 is 17.3 Å². The molecule has 0 amide bonds. The van der Waals surface area contributed by atoms with Crippen LogP contribution in [0.1, 0.15) is 72.1 Å². The minimum atomic E-state index is -1.83. The highest BCUT2D eigenvalue weighted by Gasteiger charge is 2.50. The first-order valence-electron chi connectivity index (χ1n) is 10.3. The van der Waals surface area contributed by atoms with Gasteiger partial charge in [0.2, 0.25) is 0 Å². The maximum Gasteiger partial charge on any atom is 0.175 e. The monoisotopic (exact) mass is 426 g/mol.